The van der Waals surface area contributed by atoms with E-state index < -0.39 is 32.1 Å². The smallest absolute Gasteiger partial charge is 0.388 e. The number of nitrogens with zero attached hydrogens (tertiary/aromatic N) is 2. The number of aliphatic hydroxyl groups excluding tert-OH is 2. The van der Waals surface area contributed by atoms with Crippen LogP contribution in [0.1, 0.15) is 0 Å². The van der Waals surface area contributed by atoms with E-state index in [9.17, 15) is 19.7 Å². The standard InChI is InChI=1S/C8H12BN2O6P/c9-8-7(13)6(12)5(17-8)3-16-18(14,15)11-2-1-10-4-11/h1-2,4-8,12-13H,3H2,(H,14,15)/t5-,6?,7?,8-/m1/s1. The molecule has 1 saturated heterocycles. The predicted octanol–water partition coefficient (Wildman–Crippen LogP) is -1.54. The number of ether oxygens (including phenoxy) is 1. The van der Waals surface area contributed by atoms with Crippen molar-refractivity contribution in [1.82, 2.24) is 9.32 Å². The quantitative estimate of drug-likeness (QED) is 0.450. The van der Waals surface area contributed by atoms with Crippen LogP contribution in [0.15, 0.2) is 18.7 Å². The molecule has 1 aliphatic rings. The van der Waals surface area contributed by atoms with Gasteiger partial charge in [0.05, 0.1) is 12.7 Å². The first-order valence-electron chi connectivity index (χ1n) is 5.15. The summed E-state index contributed by atoms with van der Waals surface area (Å²) in [6, 6.07) is -1.04. The molecule has 8 nitrogen and oxygen atoms in total. The number of imidazole rings is 1. The first-order valence-corrected chi connectivity index (χ1v) is 6.68. The van der Waals surface area contributed by atoms with E-state index in [1.165, 1.54) is 12.4 Å². The third-order valence-corrected chi connectivity index (χ3v) is 3.89. The van der Waals surface area contributed by atoms with Gasteiger partial charge in [0.2, 0.25) is 0 Å². The van der Waals surface area contributed by atoms with Gasteiger partial charge >= 0.3 is 7.75 Å². The zero-order chi connectivity index (χ0) is 13.3. The van der Waals surface area contributed by atoms with Crippen molar-refractivity contribution in [2.75, 3.05) is 6.61 Å². The Morgan fingerprint density at radius 3 is 2.72 bits per heavy atom. The summed E-state index contributed by atoms with van der Waals surface area (Å²) in [5.74, 6) is 0. The first kappa shape index (κ1) is 13.7. The van der Waals surface area contributed by atoms with Crippen LogP contribution >= 0.6 is 7.75 Å². The molecule has 2 radical (unpaired) electrons. The Morgan fingerprint density at radius 1 is 1.50 bits per heavy atom. The summed E-state index contributed by atoms with van der Waals surface area (Å²) in [6.07, 6.45) is 0.264. The van der Waals surface area contributed by atoms with E-state index in [2.05, 4.69) is 4.98 Å². The molecule has 0 aromatic carbocycles. The minimum absolute atomic E-state index is 0.377. The van der Waals surface area contributed by atoms with E-state index in [-0.39, 0.29) is 6.61 Å². The molecular weight excluding hydrogens is 262 g/mol. The highest BCUT2D eigenvalue weighted by Gasteiger charge is 2.41. The molecule has 3 N–H and O–H groups in total. The minimum atomic E-state index is -4.07. The van der Waals surface area contributed by atoms with E-state index in [0.717, 1.165) is 10.7 Å². The van der Waals surface area contributed by atoms with Crippen LogP contribution < -0.4 is 0 Å². The normalized spacial score (nSPS) is 35.5. The third kappa shape index (κ3) is 2.66. The topological polar surface area (TPSA) is 114 Å². The van der Waals surface area contributed by atoms with Gasteiger partial charge in [0.25, 0.3) is 0 Å². The summed E-state index contributed by atoms with van der Waals surface area (Å²) in [5.41, 5.74) is 0. The van der Waals surface area contributed by atoms with Crippen molar-refractivity contribution in [3.05, 3.63) is 18.7 Å². The van der Waals surface area contributed by atoms with E-state index in [1.807, 2.05) is 0 Å². The minimum Gasteiger partial charge on any atom is -0.388 e. The van der Waals surface area contributed by atoms with Crippen molar-refractivity contribution in [1.29, 1.82) is 0 Å². The summed E-state index contributed by atoms with van der Waals surface area (Å²) in [4.78, 5) is 13.2. The molecule has 0 spiro atoms. The van der Waals surface area contributed by atoms with Crippen molar-refractivity contribution in [3.63, 3.8) is 0 Å². The maximum absolute atomic E-state index is 11.7. The lowest BCUT2D eigenvalue weighted by atomic mass is 9.93. The van der Waals surface area contributed by atoms with Gasteiger partial charge in [-0.25, -0.2) is 13.9 Å². The van der Waals surface area contributed by atoms with Crippen molar-refractivity contribution >= 4 is 15.6 Å². The molecule has 1 fully saturated rings. The lowest BCUT2D eigenvalue weighted by Gasteiger charge is -2.18. The number of aliphatic hydroxyl groups is 2. The summed E-state index contributed by atoms with van der Waals surface area (Å²) in [7, 11) is 1.28. The molecule has 0 bridgehead atoms. The van der Waals surface area contributed by atoms with Crippen molar-refractivity contribution in [3.8, 4) is 0 Å². The molecule has 0 amide bonds. The van der Waals surface area contributed by atoms with E-state index >= 15 is 0 Å². The number of aromatic nitrogens is 2. The van der Waals surface area contributed by atoms with Gasteiger partial charge in [-0.3, -0.25) is 4.52 Å². The van der Waals surface area contributed by atoms with Gasteiger partial charge in [-0.15, -0.1) is 0 Å². The Balaban J connectivity index is 1.95. The van der Waals surface area contributed by atoms with E-state index in [0.29, 0.717) is 0 Å². The molecule has 2 rings (SSSR count). The molecule has 1 aromatic heterocycles. The molecule has 98 valence electrons. The molecule has 2 heterocycles. The van der Waals surface area contributed by atoms with Gasteiger partial charge < -0.3 is 19.8 Å². The highest BCUT2D eigenvalue weighted by molar-refractivity contribution is 7.51. The number of rotatable bonds is 4. The van der Waals surface area contributed by atoms with Crippen LogP contribution in [0.4, 0.5) is 0 Å². The fourth-order valence-corrected chi connectivity index (χ4v) is 2.45. The monoisotopic (exact) mass is 274 g/mol. The van der Waals surface area contributed by atoms with E-state index in [1.54, 1.807) is 0 Å². The number of hydrogen-bond acceptors (Lipinski definition) is 6. The molecule has 5 atom stereocenters. The second-order valence-electron chi connectivity index (χ2n) is 3.85. The fourth-order valence-electron chi connectivity index (χ4n) is 1.55. The lowest BCUT2D eigenvalue weighted by molar-refractivity contribution is -0.00523. The van der Waals surface area contributed by atoms with Gasteiger partial charge in [0.1, 0.15) is 26.4 Å². The van der Waals surface area contributed by atoms with Crippen LogP contribution in [0.25, 0.3) is 0 Å². The Labute approximate surface area is 104 Å². The number of hydrogen-bond donors (Lipinski definition) is 3. The zero-order valence-electron chi connectivity index (χ0n) is 9.23. The Bertz CT molecular complexity index is 443. The summed E-state index contributed by atoms with van der Waals surface area (Å²) >= 11 is 0. The SMILES string of the molecule is [B][C@@H]1O[C@H](COP(=O)(O)n2ccnc2)C(O)C1O. The van der Waals surface area contributed by atoms with Gasteiger partial charge in [0, 0.05) is 18.4 Å². The highest BCUT2D eigenvalue weighted by Crippen LogP contribution is 2.43. The Morgan fingerprint density at radius 2 is 2.22 bits per heavy atom. The third-order valence-electron chi connectivity index (χ3n) is 2.59. The molecule has 18 heavy (non-hydrogen) atoms. The summed E-state index contributed by atoms with van der Waals surface area (Å²) in [6.45, 7) is -0.377. The van der Waals surface area contributed by atoms with E-state index in [4.69, 9.17) is 17.1 Å². The van der Waals surface area contributed by atoms with Crippen molar-refractivity contribution < 1.29 is 28.9 Å². The molecule has 10 heteroatoms. The van der Waals surface area contributed by atoms with Crippen LogP contribution in [0.5, 0.6) is 0 Å². The molecule has 1 aliphatic heterocycles. The van der Waals surface area contributed by atoms with Crippen LogP contribution in [-0.4, -0.2) is 63.2 Å². The largest absolute Gasteiger partial charge is 0.437 e. The molecule has 0 aliphatic carbocycles. The molecular formula is C8H12BN2O6P. The second-order valence-corrected chi connectivity index (χ2v) is 5.55. The zero-order valence-corrected chi connectivity index (χ0v) is 10.1. The van der Waals surface area contributed by atoms with Crippen LogP contribution in [-0.2, 0) is 13.8 Å². The molecule has 0 saturated carbocycles. The average molecular weight is 274 g/mol. The molecule has 1 aromatic rings. The lowest BCUT2D eigenvalue weighted by Crippen LogP contribution is -2.34. The summed E-state index contributed by atoms with van der Waals surface area (Å²) < 4.78 is 22.4. The van der Waals surface area contributed by atoms with Crippen molar-refractivity contribution in [2.24, 2.45) is 0 Å². The molecule has 3 unspecified atom stereocenters. The Kier molecular flexibility index (Phi) is 3.91. The van der Waals surface area contributed by atoms with Crippen molar-refractivity contribution in [2.45, 2.75) is 24.3 Å². The maximum Gasteiger partial charge on any atom is 0.437 e. The highest BCUT2D eigenvalue weighted by atomic mass is 31.2. The average Bonchev–Trinajstić information content (AvgIpc) is 2.92. The predicted molar refractivity (Wildman–Crippen MR) is 59.8 cm³/mol. The maximum atomic E-state index is 11.7. The van der Waals surface area contributed by atoms with Crippen LogP contribution in [0, 0.1) is 0 Å². The van der Waals surface area contributed by atoms with Crippen LogP contribution in [0.3, 0.4) is 0 Å². The fraction of sp³-hybridized carbons (Fsp3) is 0.625. The Hall–Kier alpha value is -0.695. The van der Waals surface area contributed by atoms with Gasteiger partial charge in [-0.2, -0.15) is 0 Å². The van der Waals surface area contributed by atoms with Gasteiger partial charge in [-0.05, 0) is 0 Å². The van der Waals surface area contributed by atoms with Gasteiger partial charge in [0.15, 0.2) is 0 Å². The summed E-state index contributed by atoms with van der Waals surface area (Å²) in [5, 5.41) is 18.9. The second kappa shape index (κ2) is 5.12. The van der Waals surface area contributed by atoms with Crippen LogP contribution in [0.2, 0.25) is 0 Å². The van der Waals surface area contributed by atoms with Gasteiger partial charge in [-0.1, -0.05) is 0 Å². The first-order chi connectivity index (χ1) is 8.42.